The molecule has 0 unspecified atom stereocenters. The van der Waals surface area contributed by atoms with E-state index in [1.165, 1.54) is 4.88 Å². The number of aromatic nitrogens is 1. The molecule has 0 spiro atoms. The second kappa shape index (κ2) is 4.42. The lowest BCUT2D eigenvalue weighted by Crippen LogP contribution is -2.04. The summed E-state index contributed by atoms with van der Waals surface area (Å²) >= 11 is 1.65. The second-order valence-corrected chi connectivity index (χ2v) is 3.94. The van der Waals surface area contributed by atoms with Gasteiger partial charge in [0.05, 0.1) is 6.61 Å². The first-order valence-electron chi connectivity index (χ1n) is 4.04. The van der Waals surface area contributed by atoms with Gasteiger partial charge in [-0.15, -0.1) is 11.3 Å². The van der Waals surface area contributed by atoms with Gasteiger partial charge >= 0.3 is 0 Å². The Kier molecular flexibility index (Phi) is 3.49. The van der Waals surface area contributed by atoms with Crippen LogP contribution in [0.3, 0.4) is 0 Å². The Morgan fingerprint density at radius 3 is 2.92 bits per heavy atom. The highest BCUT2D eigenvalue weighted by atomic mass is 32.1. The fourth-order valence-corrected chi connectivity index (χ4v) is 1.64. The lowest BCUT2D eigenvalue weighted by Gasteiger charge is -1.98. The van der Waals surface area contributed by atoms with Crippen molar-refractivity contribution in [3.05, 3.63) is 11.1 Å². The van der Waals surface area contributed by atoms with Gasteiger partial charge in [0, 0.05) is 17.6 Å². The van der Waals surface area contributed by atoms with Crippen molar-refractivity contribution < 1.29 is 5.11 Å². The van der Waals surface area contributed by atoms with Gasteiger partial charge in [-0.25, -0.2) is 4.98 Å². The number of thiazole rings is 1. The molecular formula is C8H14N2OS. The minimum Gasteiger partial charge on any atom is -0.395 e. The smallest absolute Gasteiger partial charge is 0.182 e. The SMILES string of the molecule is CC(C)c1cnc(NCCO)s1. The summed E-state index contributed by atoms with van der Waals surface area (Å²) in [6.07, 6.45) is 1.88. The molecule has 0 saturated carbocycles. The molecule has 0 saturated heterocycles. The zero-order valence-corrected chi connectivity index (χ0v) is 8.19. The molecule has 68 valence electrons. The Hall–Kier alpha value is -0.610. The van der Waals surface area contributed by atoms with Crippen molar-refractivity contribution in [2.45, 2.75) is 19.8 Å². The maximum atomic E-state index is 8.56. The first kappa shape index (κ1) is 9.48. The van der Waals surface area contributed by atoms with E-state index in [-0.39, 0.29) is 6.61 Å². The van der Waals surface area contributed by atoms with Crippen LogP contribution in [0.15, 0.2) is 6.20 Å². The highest BCUT2D eigenvalue weighted by Crippen LogP contribution is 2.24. The van der Waals surface area contributed by atoms with Gasteiger partial charge < -0.3 is 10.4 Å². The zero-order chi connectivity index (χ0) is 8.97. The lowest BCUT2D eigenvalue weighted by molar-refractivity contribution is 0.311. The van der Waals surface area contributed by atoms with Gasteiger partial charge in [-0.2, -0.15) is 0 Å². The van der Waals surface area contributed by atoms with E-state index in [9.17, 15) is 0 Å². The third-order valence-corrected chi connectivity index (χ3v) is 2.74. The van der Waals surface area contributed by atoms with Crippen LogP contribution in [-0.2, 0) is 0 Å². The van der Waals surface area contributed by atoms with E-state index >= 15 is 0 Å². The van der Waals surface area contributed by atoms with Crippen LogP contribution >= 0.6 is 11.3 Å². The van der Waals surface area contributed by atoms with Crippen molar-refractivity contribution >= 4 is 16.5 Å². The van der Waals surface area contributed by atoms with E-state index < -0.39 is 0 Å². The highest BCUT2D eigenvalue weighted by molar-refractivity contribution is 7.15. The largest absolute Gasteiger partial charge is 0.395 e. The fraction of sp³-hybridized carbons (Fsp3) is 0.625. The summed E-state index contributed by atoms with van der Waals surface area (Å²) in [5, 5.41) is 12.5. The molecule has 0 aliphatic rings. The molecule has 0 aliphatic heterocycles. The van der Waals surface area contributed by atoms with Gasteiger partial charge in [-0.05, 0) is 5.92 Å². The van der Waals surface area contributed by atoms with E-state index in [0.29, 0.717) is 12.5 Å². The monoisotopic (exact) mass is 186 g/mol. The van der Waals surface area contributed by atoms with E-state index in [2.05, 4.69) is 24.1 Å². The minimum absolute atomic E-state index is 0.149. The van der Waals surface area contributed by atoms with Crippen molar-refractivity contribution in [3.63, 3.8) is 0 Å². The number of hydrogen-bond acceptors (Lipinski definition) is 4. The molecule has 0 aromatic carbocycles. The summed E-state index contributed by atoms with van der Waals surface area (Å²) in [6.45, 7) is 5.01. The molecule has 1 heterocycles. The molecule has 0 amide bonds. The Morgan fingerprint density at radius 2 is 2.42 bits per heavy atom. The number of hydrogen-bond donors (Lipinski definition) is 2. The summed E-state index contributed by atoms with van der Waals surface area (Å²) in [4.78, 5) is 5.44. The average Bonchev–Trinajstić information content (AvgIpc) is 2.48. The minimum atomic E-state index is 0.149. The van der Waals surface area contributed by atoms with Crippen molar-refractivity contribution in [2.24, 2.45) is 0 Å². The third-order valence-electron chi connectivity index (χ3n) is 1.48. The van der Waals surface area contributed by atoms with E-state index in [4.69, 9.17) is 5.11 Å². The molecule has 0 fully saturated rings. The maximum absolute atomic E-state index is 8.56. The van der Waals surface area contributed by atoms with Crippen LogP contribution in [0.5, 0.6) is 0 Å². The molecule has 1 aromatic heterocycles. The molecular weight excluding hydrogens is 172 g/mol. The summed E-state index contributed by atoms with van der Waals surface area (Å²) in [7, 11) is 0. The van der Waals surface area contributed by atoms with Crippen molar-refractivity contribution in [3.8, 4) is 0 Å². The quantitative estimate of drug-likeness (QED) is 0.752. The Morgan fingerprint density at radius 1 is 1.67 bits per heavy atom. The van der Waals surface area contributed by atoms with Crippen LogP contribution in [0.2, 0.25) is 0 Å². The second-order valence-electron chi connectivity index (χ2n) is 2.87. The van der Waals surface area contributed by atoms with Gasteiger partial charge in [-0.3, -0.25) is 0 Å². The molecule has 0 radical (unpaired) electrons. The average molecular weight is 186 g/mol. The van der Waals surface area contributed by atoms with Crippen molar-refractivity contribution in [1.29, 1.82) is 0 Å². The first-order chi connectivity index (χ1) is 5.74. The predicted molar refractivity (Wildman–Crippen MR) is 51.8 cm³/mol. The number of anilines is 1. The van der Waals surface area contributed by atoms with E-state index in [0.717, 1.165) is 5.13 Å². The normalized spacial score (nSPS) is 10.7. The van der Waals surface area contributed by atoms with Crippen LogP contribution in [0.4, 0.5) is 5.13 Å². The van der Waals surface area contributed by atoms with Crippen LogP contribution in [0.25, 0.3) is 0 Å². The Bertz CT molecular complexity index is 235. The van der Waals surface area contributed by atoms with Gasteiger partial charge in [0.2, 0.25) is 0 Å². The number of rotatable bonds is 4. The predicted octanol–water partition coefficient (Wildman–Crippen LogP) is 1.67. The first-order valence-corrected chi connectivity index (χ1v) is 4.86. The zero-order valence-electron chi connectivity index (χ0n) is 7.37. The van der Waals surface area contributed by atoms with Crippen LogP contribution in [0.1, 0.15) is 24.6 Å². The summed E-state index contributed by atoms with van der Waals surface area (Å²) in [5.41, 5.74) is 0. The molecule has 1 rings (SSSR count). The molecule has 12 heavy (non-hydrogen) atoms. The van der Waals surface area contributed by atoms with Gasteiger partial charge in [0.1, 0.15) is 0 Å². The Balaban J connectivity index is 2.52. The number of nitrogens with zero attached hydrogens (tertiary/aromatic N) is 1. The standard InChI is InChI=1S/C8H14N2OS/c1-6(2)7-5-10-8(12-7)9-3-4-11/h5-6,11H,3-4H2,1-2H3,(H,9,10). The summed E-state index contributed by atoms with van der Waals surface area (Å²) in [5.74, 6) is 0.534. The van der Waals surface area contributed by atoms with Crippen LogP contribution in [-0.4, -0.2) is 23.2 Å². The maximum Gasteiger partial charge on any atom is 0.182 e. The molecule has 1 aromatic rings. The van der Waals surface area contributed by atoms with E-state index in [1.54, 1.807) is 11.3 Å². The van der Waals surface area contributed by atoms with Gasteiger partial charge in [0.15, 0.2) is 5.13 Å². The third kappa shape index (κ3) is 2.46. The molecule has 4 heteroatoms. The topological polar surface area (TPSA) is 45.2 Å². The van der Waals surface area contributed by atoms with E-state index in [1.807, 2.05) is 6.20 Å². The van der Waals surface area contributed by atoms with Crippen molar-refractivity contribution in [2.75, 3.05) is 18.5 Å². The molecule has 0 bridgehead atoms. The Labute approximate surface area is 76.5 Å². The molecule has 3 nitrogen and oxygen atoms in total. The number of aliphatic hydroxyl groups excluding tert-OH is 1. The number of aliphatic hydroxyl groups is 1. The molecule has 2 N–H and O–H groups in total. The molecule has 0 aliphatic carbocycles. The summed E-state index contributed by atoms with van der Waals surface area (Å²) < 4.78 is 0. The molecule has 0 atom stereocenters. The van der Waals surface area contributed by atoms with Crippen LogP contribution in [0, 0.1) is 0 Å². The van der Waals surface area contributed by atoms with Crippen molar-refractivity contribution in [1.82, 2.24) is 4.98 Å². The fourth-order valence-electron chi connectivity index (χ4n) is 0.798. The summed E-state index contributed by atoms with van der Waals surface area (Å²) in [6, 6.07) is 0. The number of nitrogens with one attached hydrogen (secondary N) is 1. The van der Waals surface area contributed by atoms with Gasteiger partial charge in [0.25, 0.3) is 0 Å². The highest BCUT2D eigenvalue weighted by Gasteiger charge is 2.03. The lowest BCUT2D eigenvalue weighted by atomic mass is 10.2. The van der Waals surface area contributed by atoms with Crippen LogP contribution < -0.4 is 5.32 Å². The van der Waals surface area contributed by atoms with Gasteiger partial charge in [-0.1, -0.05) is 13.8 Å².